The number of aromatic nitrogens is 3. The van der Waals surface area contributed by atoms with E-state index in [9.17, 15) is 4.79 Å². The summed E-state index contributed by atoms with van der Waals surface area (Å²) in [5, 5.41) is 5.14. The van der Waals surface area contributed by atoms with Gasteiger partial charge in [-0.05, 0) is 49.9 Å². The van der Waals surface area contributed by atoms with Crippen molar-refractivity contribution in [1.29, 1.82) is 0 Å². The van der Waals surface area contributed by atoms with Gasteiger partial charge < -0.3 is 14.4 Å². The molecule has 1 aromatic carbocycles. The van der Waals surface area contributed by atoms with Gasteiger partial charge >= 0.3 is 0 Å². The number of H-pyrrole nitrogens is 1. The van der Waals surface area contributed by atoms with Gasteiger partial charge in [-0.25, -0.2) is 0 Å². The molecule has 0 bridgehead atoms. The molecule has 3 aromatic rings. The molecule has 4 rings (SSSR count). The van der Waals surface area contributed by atoms with E-state index in [1.54, 1.807) is 6.92 Å². The van der Waals surface area contributed by atoms with Crippen LogP contribution in [0, 0.1) is 20.8 Å². The quantitative estimate of drug-likeness (QED) is 0.776. The summed E-state index contributed by atoms with van der Waals surface area (Å²) >= 11 is 0. The van der Waals surface area contributed by atoms with Gasteiger partial charge in [-0.15, -0.1) is 0 Å². The second-order valence-electron chi connectivity index (χ2n) is 6.99. The molecule has 1 atom stereocenters. The van der Waals surface area contributed by atoms with E-state index in [0.29, 0.717) is 24.0 Å². The third kappa shape index (κ3) is 2.92. The highest BCUT2D eigenvalue weighted by atomic mass is 16.5. The minimum Gasteiger partial charge on any atom is -0.351 e. The summed E-state index contributed by atoms with van der Waals surface area (Å²) in [6, 6.07) is 6.19. The molecular weight excluding hydrogens is 316 g/mol. The lowest BCUT2D eigenvalue weighted by Gasteiger charge is -2.30. The van der Waals surface area contributed by atoms with Crippen LogP contribution < -0.4 is 0 Å². The van der Waals surface area contributed by atoms with Crippen molar-refractivity contribution in [3.05, 3.63) is 46.7 Å². The number of carbonyl (C=O) groups is 1. The topological polar surface area (TPSA) is 75.0 Å². The number of nitrogens with one attached hydrogen (secondary N) is 1. The van der Waals surface area contributed by atoms with Gasteiger partial charge in [0.25, 0.3) is 5.91 Å². The summed E-state index contributed by atoms with van der Waals surface area (Å²) in [6.07, 6.45) is 1.93. The summed E-state index contributed by atoms with van der Waals surface area (Å²) in [5.74, 6) is 1.46. The monoisotopic (exact) mass is 338 g/mol. The summed E-state index contributed by atoms with van der Waals surface area (Å²) in [6.45, 7) is 7.33. The third-order valence-corrected chi connectivity index (χ3v) is 4.94. The van der Waals surface area contributed by atoms with Gasteiger partial charge in [0.1, 0.15) is 5.69 Å². The van der Waals surface area contributed by atoms with E-state index < -0.39 is 0 Å². The third-order valence-electron chi connectivity index (χ3n) is 4.94. The van der Waals surface area contributed by atoms with Crippen molar-refractivity contribution in [2.45, 2.75) is 39.5 Å². The Balaban J connectivity index is 1.59. The number of amides is 1. The largest absolute Gasteiger partial charge is 0.351 e. The molecule has 0 saturated carbocycles. The maximum Gasteiger partial charge on any atom is 0.270 e. The van der Waals surface area contributed by atoms with Crippen LogP contribution in [0.25, 0.3) is 10.9 Å². The number of nitrogens with zero attached hydrogens (tertiary/aromatic N) is 3. The number of aryl methyl sites for hydroxylation is 3. The van der Waals surface area contributed by atoms with E-state index in [1.807, 2.05) is 11.0 Å². The average molecular weight is 338 g/mol. The second kappa shape index (κ2) is 6.02. The molecule has 1 amide bonds. The molecular formula is C19H22N4O2. The maximum atomic E-state index is 13.0. The summed E-state index contributed by atoms with van der Waals surface area (Å²) in [7, 11) is 0. The van der Waals surface area contributed by atoms with Crippen LogP contribution in [0.4, 0.5) is 0 Å². The second-order valence-corrected chi connectivity index (χ2v) is 6.99. The molecule has 1 aliphatic rings. The zero-order chi connectivity index (χ0) is 17.6. The van der Waals surface area contributed by atoms with E-state index >= 15 is 0 Å². The van der Waals surface area contributed by atoms with E-state index in [-0.39, 0.29) is 11.8 Å². The highest BCUT2D eigenvalue weighted by Crippen LogP contribution is 2.27. The fraction of sp³-hybridized carbons (Fsp3) is 0.421. The molecule has 1 fully saturated rings. The number of carbonyl (C=O) groups excluding carboxylic acids is 1. The van der Waals surface area contributed by atoms with Crippen LogP contribution in [0.15, 0.2) is 22.7 Å². The van der Waals surface area contributed by atoms with E-state index in [1.165, 1.54) is 11.1 Å². The van der Waals surface area contributed by atoms with Crippen molar-refractivity contribution in [3.8, 4) is 0 Å². The number of piperidine rings is 1. The van der Waals surface area contributed by atoms with Crippen molar-refractivity contribution < 1.29 is 9.32 Å². The van der Waals surface area contributed by atoms with Crippen LogP contribution in [0.2, 0.25) is 0 Å². The van der Waals surface area contributed by atoms with Gasteiger partial charge in [-0.1, -0.05) is 11.2 Å². The van der Waals surface area contributed by atoms with Crippen LogP contribution in [0.5, 0.6) is 0 Å². The lowest BCUT2D eigenvalue weighted by Crippen LogP contribution is -2.39. The number of aromatic amines is 1. The van der Waals surface area contributed by atoms with E-state index in [0.717, 1.165) is 30.3 Å². The van der Waals surface area contributed by atoms with E-state index in [2.05, 4.69) is 41.1 Å². The van der Waals surface area contributed by atoms with E-state index in [4.69, 9.17) is 4.52 Å². The minimum atomic E-state index is 0.0400. The smallest absolute Gasteiger partial charge is 0.270 e. The Bertz CT molecular complexity index is 940. The first-order chi connectivity index (χ1) is 12.0. The van der Waals surface area contributed by atoms with Gasteiger partial charge in [-0.3, -0.25) is 4.79 Å². The van der Waals surface area contributed by atoms with Gasteiger partial charge in [0, 0.05) is 36.8 Å². The summed E-state index contributed by atoms with van der Waals surface area (Å²) < 4.78 is 5.09. The molecule has 1 saturated heterocycles. The van der Waals surface area contributed by atoms with Crippen LogP contribution >= 0.6 is 0 Å². The maximum absolute atomic E-state index is 13.0. The fourth-order valence-electron chi connectivity index (χ4n) is 3.74. The molecule has 6 nitrogen and oxygen atoms in total. The lowest BCUT2D eigenvalue weighted by atomic mass is 9.97. The van der Waals surface area contributed by atoms with Crippen molar-refractivity contribution in [2.75, 3.05) is 13.1 Å². The Kier molecular flexibility index (Phi) is 3.82. The van der Waals surface area contributed by atoms with Crippen molar-refractivity contribution in [2.24, 2.45) is 0 Å². The molecule has 2 aromatic heterocycles. The molecule has 1 N–H and O–H groups in total. The molecule has 130 valence electrons. The van der Waals surface area contributed by atoms with Gasteiger partial charge in [0.15, 0.2) is 5.82 Å². The molecule has 0 radical (unpaired) electrons. The molecule has 0 unspecified atom stereocenters. The first kappa shape index (κ1) is 15.9. The molecule has 0 spiro atoms. The SMILES string of the molecule is Cc1cc(C)c2cc(C(=O)N3CCC[C@H](c4noc(C)n4)C3)[nH]c2c1. The Morgan fingerprint density at radius 3 is 2.88 bits per heavy atom. The van der Waals surface area contributed by atoms with Crippen LogP contribution in [-0.2, 0) is 0 Å². The highest BCUT2D eigenvalue weighted by molar-refractivity contribution is 5.99. The molecule has 1 aliphatic heterocycles. The Labute approximate surface area is 146 Å². The normalized spacial score (nSPS) is 18.0. The number of fused-ring (bicyclic) bond motifs is 1. The van der Waals surface area contributed by atoms with Crippen LogP contribution in [0.3, 0.4) is 0 Å². The van der Waals surface area contributed by atoms with Crippen molar-refractivity contribution in [1.82, 2.24) is 20.0 Å². The van der Waals surface area contributed by atoms with Crippen LogP contribution in [-0.4, -0.2) is 39.0 Å². The number of hydrogen-bond donors (Lipinski definition) is 1. The Morgan fingerprint density at radius 2 is 2.12 bits per heavy atom. The zero-order valence-corrected chi connectivity index (χ0v) is 14.8. The average Bonchev–Trinajstić information content (AvgIpc) is 3.21. The fourth-order valence-corrected chi connectivity index (χ4v) is 3.74. The zero-order valence-electron chi connectivity index (χ0n) is 14.8. The summed E-state index contributed by atoms with van der Waals surface area (Å²) in [5.41, 5.74) is 4.04. The molecule has 0 aliphatic carbocycles. The van der Waals surface area contributed by atoms with Crippen molar-refractivity contribution in [3.63, 3.8) is 0 Å². The van der Waals surface area contributed by atoms with Gasteiger partial charge in [-0.2, -0.15) is 4.98 Å². The van der Waals surface area contributed by atoms with Crippen molar-refractivity contribution >= 4 is 16.8 Å². The van der Waals surface area contributed by atoms with Gasteiger partial charge in [0.2, 0.25) is 5.89 Å². The first-order valence-corrected chi connectivity index (χ1v) is 8.70. The molecule has 3 heterocycles. The number of likely N-dealkylation sites (tertiary alicyclic amines) is 1. The predicted molar refractivity (Wildman–Crippen MR) is 94.7 cm³/mol. The Hall–Kier alpha value is -2.63. The lowest BCUT2D eigenvalue weighted by molar-refractivity contribution is 0.0698. The molecule has 6 heteroatoms. The van der Waals surface area contributed by atoms with Gasteiger partial charge in [0.05, 0.1) is 0 Å². The highest BCUT2D eigenvalue weighted by Gasteiger charge is 2.29. The number of benzene rings is 1. The number of hydrogen-bond acceptors (Lipinski definition) is 4. The first-order valence-electron chi connectivity index (χ1n) is 8.70. The van der Waals surface area contributed by atoms with Crippen LogP contribution in [0.1, 0.15) is 52.1 Å². The number of rotatable bonds is 2. The standard InChI is InChI=1S/C19H22N4O2/c1-11-7-12(2)15-9-17(21-16(15)8-11)19(24)23-6-4-5-14(10-23)18-20-13(3)25-22-18/h7-9,14,21H,4-6,10H2,1-3H3/t14-/m0/s1. The summed E-state index contributed by atoms with van der Waals surface area (Å²) in [4.78, 5) is 22.5. The minimum absolute atomic E-state index is 0.0400. The Morgan fingerprint density at radius 1 is 1.28 bits per heavy atom. The predicted octanol–water partition coefficient (Wildman–Crippen LogP) is 3.50. The molecule has 25 heavy (non-hydrogen) atoms.